The zero-order chi connectivity index (χ0) is 18.0. The van der Waals surface area contributed by atoms with E-state index >= 15 is 0 Å². The first-order valence-corrected chi connectivity index (χ1v) is 7.61. The van der Waals surface area contributed by atoms with Gasteiger partial charge in [0.05, 0.1) is 11.5 Å². The van der Waals surface area contributed by atoms with E-state index in [1.165, 1.54) is 6.07 Å². The molecule has 25 heavy (non-hydrogen) atoms. The van der Waals surface area contributed by atoms with Gasteiger partial charge in [-0.1, -0.05) is 18.2 Å². The Kier molecular flexibility index (Phi) is 4.57. The Morgan fingerprint density at radius 1 is 1.12 bits per heavy atom. The Bertz CT molecular complexity index is 773. The lowest BCUT2D eigenvalue weighted by atomic mass is 10.1. The Labute approximate surface area is 141 Å². The van der Waals surface area contributed by atoms with Gasteiger partial charge in [0.15, 0.2) is 0 Å². The van der Waals surface area contributed by atoms with E-state index in [2.05, 4.69) is 0 Å². The number of aliphatic carboxylic acids is 1. The average molecular weight is 352 g/mol. The monoisotopic (exact) mass is 352 g/mol. The molecule has 0 amide bonds. The fourth-order valence-corrected chi connectivity index (χ4v) is 2.38. The van der Waals surface area contributed by atoms with Crippen molar-refractivity contribution < 1.29 is 32.5 Å². The van der Waals surface area contributed by atoms with Gasteiger partial charge >= 0.3 is 12.1 Å². The third-order valence-corrected chi connectivity index (χ3v) is 3.80. The molecule has 0 saturated heterocycles. The van der Waals surface area contributed by atoms with Crippen molar-refractivity contribution in [1.29, 1.82) is 0 Å². The Hall–Kier alpha value is -2.70. The minimum Gasteiger partial charge on any atom is -0.489 e. The topological polar surface area (TPSA) is 55.8 Å². The summed E-state index contributed by atoms with van der Waals surface area (Å²) in [6.45, 7) is -0.0193. The van der Waals surface area contributed by atoms with Crippen LogP contribution in [-0.2, 0) is 17.6 Å². The zero-order valence-electron chi connectivity index (χ0n) is 13.0. The van der Waals surface area contributed by atoms with Crippen LogP contribution >= 0.6 is 0 Å². The second kappa shape index (κ2) is 6.66. The number of hydrogen-bond donors (Lipinski definition) is 1. The molecular weight excluding hydrogens is 337 g/mol. The fourth-order valence-electron chi connectivity index (χ4n) is 2.38. The first-order valence-electron chi connectivity index (χ1n) is 7.61. The molecule has 2 aromatic rings. The summed E-state index contributed by atoms with van der Waals surface area (Å²) in [5.74, 6) is -0.477. The third-order valence-electron chi connectivity index (χ3n) is 3.80. The van der Waals surface area contributed by atoms with Crippen molar-refractivity contribution >= 4 is 5.97 Å². The molecule has 1 saturated carbocycles. The number of carboxylic acid groups (broad SMARTS) is 1. The lowest BCUT2D eigenvalue weighted by molar-refractivity contribution is -0.139. The van der Waals surface area contributed by atoms with E-state index in [4.69, 9.17) is 14.6 Å². The van der Waals surface area contributed by atoms with Crippen LogP contribution in [0.2, 0.25) is 0 Å². The molecule has 2 atom stereocenters. The number of ether oxygens (including phenoxy) is 2. The van der Waals surface area contributed by atoms with E-state index in [0.29, 0.717) is 23.5 Å². The summed E-state index contributed by atoms with van der Waals surface area (Å²) in [5.41, 5.74) is -0.326. The molecule has 1 N–H and O–H groups in total. The highest BCUT2D eigenvalue weighted by atomic mass is 19.4. The molecule has 4 nitrogen and oxygen atoms in total. The van der Waals surface area contributed by atoms with Gasteiger partial charge in [-0.05, 0) is 29.8 Å². The molecule has 0 radical (unpaired) electrons. The van der Waals surface area contributed by atoms with Crippen molar-refractivity contribution in [2.24, 2.45) is 5.92 Å². The molecule has 0 aliphatic heterocycles. The number of benzene rings is 2. The van der Waals surface area contributed by atoms with Crippen LogP contribution in [0.15, 0.2) is 48.5 Å². The second-order valence-electron chi connectivity index (χ2n) is 5.80. The molecular formula is C18H15F3O4. The van der Waals surface area contributed by atoms with Crippen molar-refractivity contribution in [3.8, 4) is 11.5 Å². The zero-order valence-corrected chi connectivity index (χ0v) is 13.0. The largest absolute Gasteiger partial charge is 0.489 e. The van der Waals surface area contributed by atoms with Crippen molar-refractivity contribution in [3.05, 3.63) is 59.7 Å². The van der Waals surface area contributed by atoms with E-state index < -0.39 is 23.6 Å². The third kappa shape index (κ3) is 4.43. The molecule has 0 bridgehead atoms. The Balaban J connectivity index is 1.60. The number of carbonyl (C=O) groups is 1. The molecule has 0 aromatic heterocycles. The van der Waals surface area contributed by atoms with Gasteiger partial charge < -0.3 is 14.6 Å². The lowest BCUT2D eigenvalue weighted by Crippen LogP contribution is -2.07. The SMILES string of the molecule is O=C(O)C1C[C@H]1Oc1cccc(OCc2cccc(C(F)(F)F)c2)c1. The molecule has 132 valence electrons. The smallest absolute Gasteiger partial charge is 0.416 e. The number of carboxylic acids is 1. The highest BCUT2D eigenvalue weighted by molar-refractivity contribution is 5.74. The van der Waals surface area contributed by atoms with Gasteiger partial charge in [0.25, 0.3) is 0 Å². The minimum absolute atomic E-state index is 0.0193. The minimum atomic E-state index is -4.39. The Morgan fingerprint density at radius 2 is 1.84 bits per heavy atom. The van der Waals surface area contributed by atoms with Gasteiger partial charge in [0.2, 0.25) is 0 Å². The summed E-state index contributed by atoms with van der Waals surface area (Å²) in [7, 11) is 0. The van der Waals surface area contributed by atoms with E-state index in [1.807, 2.05) is 0 Å². The van der Waals surface area contributed by atoms with E-state index in [9.17, 15) is 18.0 Å². The highest BCUT2D eigenvalue weighted by Crippen LogP contribution is 2.36. The fraction of sp³-hybridized carbons (Fsp3) is 0.278. The molecule has 1 aliphatic rings. The van der Waals surface area contributed by atoms with Gasteiger partial charge in [-0.25, -0.2) is 0 Å². The molecule has 0 spiro atoms. The van der Waals surface area contributed by atoms with Gasteiger partial charge in [0, 0.05) is 12.5 Å². The van der Waals surface area contributed by atoms with Crippen LogP contribution in [-0.4, -0.2) is 17.2 Å². The van der Waals surface area contributed by atoms with E-state index in [0.717, 1.165) is 12.1 Å². The summed E-state index contributed by atoms with van der Waals surface area (Å²) in [6.07, 6.45) is -4.28. The average Bonchev–Trinajstić information content (AvgIpc) is 3.32. The maximum absolute atomic E-state index is 12.7. The molecule has 1 aliphatic carbocycles. The summed E-state index contributed by atoms with van der Waals surface area (Å²) in [5, 5.41) is 8.86. The second-order valence-corrected chi connectivity index (χ2v) is 5.80. The molecule has 1 unspecified atom stereocenters. The summed E-state index contributed by atoms with van der Waals surface area (Å²) in [6, 6.07) is 11.5. The van der Waals surface area contributed by atoms with Crippen LogP contribution < -0.4 is 9.47 Å². The molecule has 7 heteroatoms. The maximum atomic E-state index is 12.7. The highest BCUT2D eigenvalue weighted by Gasteiger charge is 2.45. The number of rotatable bonds is 6. The molecule has 0 heterocycles. The normalized spacial score (nSPS) is 19.3. The molecule has 1 fully saturated rings. The first-order chi connectivity index (χ1) is 11.8. The van der Waals surface area contributed by atoms with Crippen molar-refractivity contribution in [3.63, 3.8) is 0 Å². The predicted molar refractivity (Wildman–Crippen MR) is 82.4 cm³/mol. The summed E-state index contributed by atoms with van der Waals surface area (Å²) in [4.78, 5) is 10.8. The van der Waals surface area contributed by atoms with Crippen LogP contribution in [0.1, 0.15) is 17.5 Å². The number of halogens is 3. The summed E-state index contributed by atoms with van der Waals surface area (Å²) < 4.78 is 49.2. The van der Waals surface area contributed by atoms with E-state index in [-0.39, 0.29) is 12.7 Å². The van der Waals surface area contributed by atoms with Crippen LogP contribution in [0.25, 0.3) is 0 Å². The van der Waals surface area contributed by atoms with Crippen LogP contribution in [0, 0.1) is 5.92 Å². The van der Waals surface area contributed by atoms with Crippen LogP contribution in [0.5, 0.6) is 11.5 Å². The van der Waals surface area contributed by atoms with Gasteiger partial charge in [0.1, 0.15) is 24.2 Å². The van der Waals surface area contributed by atoms with Crippen molar-refractivity contribution in [2.75, 3.05) is 0 Å². The van der Waals surface area contributed by atoms with Crippen LogP contribution in [0.3, 0.4) is 0 Å². The van der Waals surface area contributed by atoms with E-state index in [1.54, 1.807) is 30.3 Å². The van der Waals surface area contributed by atoms with Gasteiger partial charge in [-0.15, -0.1) is 0 Å². The lowest BCUT2D eigenvalue weighted by Gasteiger charge is -2.11. The van der Waals surface area contributed by atoms with Gasteiger partial charge in [-0.3, -0.25) is 4.79 Å². The maximum Gasteiger partial charge on any atom is 0.416 e. The van der Waals surface area contributed by atoms with Crippen LogP contribution in [0.4, 0.5) is 13.2 Å². The van der Waals surface area contributed by atoms with Gasteiger partial charge in [-0.2, -0.15) is 13.2 Å². The first kappa shape index (κ1) is 17.1. The number of hydrogen-bond acceptors (Lipinski definition) is 3. The number of alkyl halides is 3. The standard InChI is InChI=1S/C18H15F3O4/c19-18(20,21)12-4-1-3-11(7-12)10-24-13-5-2-6-14(8-13)25-16-9-15(16)17(22)23/h1-8,15-16H,9-10H2,(H,22,23)/t15?,16-/m1/s1. The quantitative estimate of drug-likeness (QED) is 0.849. The predicted octanol–water partition coefficient (Wildman–Crippen LogP) is 4.14. The Morgan fingerprint density at radius 3 is 2.52 bits per heavy atom. The molecule has 3 rings (SSSR count). The van der Waals surface area contributed by atoms with Crippen molar-refractivity contribution in [2.45, 2.75) is 25.3 Å². The molecule has 2 aromatic carbocycles. The summed E-state index contributed by atoms with van der Waals surface area (Å²) >= 11 is 0. The van der Waals surface area contributed by atoms with Crippen molar-refractivity contribution in [1.82, 2.24) is 0 Å².